The minimum Gasteiger partial charge on any atom is -0.463 e. The van der Waals surface area contributed by atoms with Crippen molar-refractivity contribution in [2.45, 2.75) is 32.2 Å². The van der Waals surface area contributed by atoms with Crippen LogP contribution in [-0.2, 0) is 32.3 Å². The van der Waals surface area contributed by atoms with E-state index in [1.807, 2.05) is 0 Å². The number of ether oxygens (including phenoxy) is 2. The smallest absolute Gasteiger partial charge is 0.463 e. The Balaban J connectivity index is 4.00. The molecule has 0 N–H and O–H groups in total. The Bertz CT molecular complexity index is 419. The van der Waals surface area contributed by atoms with Gasteiger partial charge in [-0.05, 0) is 26.2 Å². The summed E-state index contributed by atoms with van der Waals surface area (Å²) < 4.78 is 26.6. The monoisotopic (exact) mass is 360 g/mol. The number of hydrogen-bond donors (Lipinski definition) is 0. The van der Waals surface area contributed by atoms with Crippen LogP contribution in [0.1, 0.15) is 26.2 Å². The van der Waals surface area contributed by atoms with Crippen molar-refractivity contribution in [2.24, 2.45) is 0 Å². The molecule has 0 atom stereocenters. The predicted molar refractivity (Wildman–Crippen MR) is 91.3 cm³/mol. The second-order valence-electron chi connectivity index (χ2n) is 5.04. The highest BCUT2D eigenvalue weighted by atomic mass is 28.4. The molecule has 24 heavy (non-hydrogen) atoms. The third kappa shape index (κ3) is 9.61. The summed E-state index contributed by atoms with van der Waals surface area (Å²) in [6, 6.07) is 0.537. The summed E-state index contributed by atoms with van der Waals surface area (Å²) >= 11 is 0. The summed E-state index contributed by atoms with van der Waals surface area (Å²) in [6.45, 7) is 9.46. The zero-order chi connectivity index (χ0) is 18.4. The lowest BCUT2D eigenvalue weighted by molar-refractivity contribution is -0.139. The number of carbonyl (C=O) groups is 2. The van der Waals surface area contributed by atoms with Gasteiger partial charge in [0.25, 0.3) is 0 Å². The molecule has 8 heteroatoms. The Labute approximate surface area is 144 Å². The van der Waals surface area contributed by atoms with E-state index in [1.54, 1.807) is 21.1 Å². The van der Waals surface area contributed by atoms with Gasteiger partial charge in [-0.15, -0.1) is 0 Å². The van der Waals surface area contributed by atoms with E-state index in [9.17, 15) is 9.59 Å². The number of unbranched alkanes of at least 4 members (excludes halogenated alkanes) is 1. The van der Waals surface area contributed by atoms with Gasteiger partial charge in [-0.25, -0.2) is 9.59 Å². The van der Waals surface area contributed by atoms with Crippen LogP contribution in [0.2, 0.25) is 6.04 Å². The zero-order valence-electron chi connectivity index (χ0n) is 14.8. The van der Waals surface area contributed by atoms with E-state index >= 15 is 0 Å². The van der Waals surface area contributed by atoms with E-state index in [4.69, 9.17) is 22.8 Å². The maximum absolute atomic E-state index is 11.2. The van der Waals surface area contributed by atoms with Crippen molar-refractivity contribution in [1.29, 1.82) is 0 Å². The average molecular weight is 360 g/mol. The molecule has 0 spiro atoms. The Hall–Kier alpha value is -1.48. The molecule has 0 aromatic heterocycles. The van der Waals surface area contributed by atoms with Gasteiger partial charge < -0.3 is 22.8 Å². The highest BCUT2D eigenvalue weighted by Gasteiger charge is 2.38. The minimum absolute atomic E-state index is 0.256. The molecule has 0 fully saturated rings. The summed E-state index contributed by atoms with van der Waals surface area (Å²) in [7, 11) is 0.319. The molecule has 0 radical (unpaired) electrons. The fourth-order valence-corrected chi connectivity index (χ4v) is 3.71. The topological polar surface area (TPSA) is 80.3 Å². The highest BCUT2D eigenvalue weighted by Crippen LogP contribution is 2.17. The van der Waals surface area contributed by atoms with Gasteiger partial charge in [-0.2, -0.15) is 0 Å². The van der Waals surface area contributed by atoms with E-state index in [-0.39, 0.29) is 12.6 Å². The van der Waals surface area contributed by atoms with E-state index in [0.717, 1.165) is 6.08 Å². The Morgan fingerprint density at radius 2 is 1.58 bits per heavy atom. The largest absolute Gasteiger partial charge is 0.500 e. The van der Waals surface area contributed by atoms with Gasteiger partial charge in [0.1, 0.15) is 0 Å². The van der Waals surface area contributed by atoms with Gasteiger partial charge in [0.15, 0.2) is 0 Å². The fourth-order valence-electron chi connectivity index (χ4n) is 1.72. The van der Waals surface area contributed by atoms with Crippen LogP contribution >= 0.6 is 0 Å². The molecule has 0 aliphatic heterocycles. The molecule has 7 nitrogen and oxygen atoms in total. The van der Waals surface area contributed by atoms with Crippen LogP contribution in [0.25, 0.3) is 0 Å². The molecule has 0 aliphatic carbocycles. The molecular weight excluding hydrogens is 332 g/mol. The standard InChI is InChI=1S/C16H28O7Si/c1-6-15(17)21-11-9-13-24(19-4,20-5)23-12-8-7-10-22-16(18)14(2)3/h6H,1-2,7-13H2,3-5H3. The highest BCUT2D eigenvalue weighted by molar-refractivity contribution is 6.60. The first kappa shape index (κ1) is 22.5. The van der Waals surface area contributed by atoms with Crippen LogP contribution in [0, 0.1) is 0 Å². The molecule has 138 valence electrons. The molecule has 0 heterocycles. The quantitative estimate of drug-likeness (QED) is 0.203. The number of carbonyl (C=O) groups excluding carboxylic acids is 2. The molecule has 0 amide bonds. The lowest BCUT2D eigenvalue weighted by Gasteiger charge is -2.26. The van der Waals surface area contributed by atoms with E-state index in [2.05, 4.69) is 13.2 Å². The van der Waals surface area contributed by atoms with Crippen molar-refractivity contribution in [3.05, 3.63) is 24.8 Å². The normalized spacial score (nSPS) is 11.0. The van der Waals surface area contributed by atoms with Crippen molar-refractivity contribution in [3.8, 4) is 0 Å². The maximum Gasteiger partial charge on any atom is 0.500 e. The molecule has 0 rings (SSSR count). The molecule has 0 aliphatic rings. The summed E-state index contributed by atoms with van der Waals surface area (Å²) in [6.07, 6.45) is 3.07. The second-order valence-corrected chi connectivity index (χ2v) is 8.01. The van der Waals surface area contributed by atoms with Gasteiger partial charge in [0, 0.05) is 38.5 Å². The van der Waals surface area contributed by atoms with Crippen molar-refractivity contribution in [2.75, 3.05) is 34.0 Å². The van der Waals surface area contributed by atoms with Crippen molar-refractivity contribution in [1.82, 2.24) is 0 Å². The molecule has 0 bridgehead atoms. The zero-order valence-corrected chi connectivity index (χ0v) is 15.8. The van der Waals surface area contributed by atoms with Gasteiger partial charge >= 0.3 is 20.7 Å². The average Bonchev–Trinajstić information content (AvgIpc) is 2.59. The molecule has 0 saturated heterocycles. The third-order valence-electron chi connectivity index (χ3n) is 3.10. The number of hydrogen-bond acceptors (Lipinski definition) is 7. The number of rotatable bonds is 14. The molecular formula is C16H28O7Si. The van der Waals surface area contributed by atoms with Gasteiger partial charge in [-0.3, -0.25) is 0 Å². The van der Waals surface area contributed by atoms with Crippen LogP contribution < -0.4 is 0 Å². The first-order chi connectivity index (χ1) is 11.4. The maximum atomic E-state index is 11.2. The summed E-state index contributed by atoms with van der Waals surface area (Å²) in [4.78, 5) is 22.2. The summed E-state index contributed by atoms with van der Waals surface area (Å²) in [5.41, 5.74) is 0.383. The van der Waals surface area contributed by atoms with Gasteiger partial charge in [0.2, 0.25) is 0 Å². The summed E-state index contributed by atoms with van der Waals surface area (Å²) in [5.74, 6) is -0.843. The first-order valence-electron chi connectivity index (χ1n) is 7.77. The number of esters is 2. The van der Waals surface area contributed by atoms with Gasteiger partial charge in [0.05, 0.1) is 13.2 Å². The van der Waals surface area contributed by atoms with Crippen LogP contribution in [0.3, 0.4) is 0 Å². The molecule has 0 saturated carbocycles. The molecule has 0 aromatic carbocycles. The van der Waals surface area contributed by atoms with Gasteiger partial charge in [-0.1, -0.05) is 13.2 Å². The van der Waals surface area contributed by atoms with Crippen molar-refractivity contribution >= 4 is 20.7 Å². The molecule has 0 unspecified atom stereocenters. The first-order valence-corrected chi connectivity index (χ1v) is 9.70. The van der Waals surface area contributed by atoms with Crippen LogP contribution in [-0.4, -0.2) is 54.8 Å². The molecule has 0 aromatic rings. The van der Waals surface area contributed by atoms with E-state index in [1.165, 1.54) is 0 Å². The Morgan fingerprint density at radius 3 is 2.12 bits per heavy atom. The minimum atomic E-state index is -2.76. The van der Waals surface area contributed by atoms with Crippen LogP contribution in [0.15, 0.2) is 24.8 Å². The Kier molecular flexibility index (Phi) is 12.1. The van der Waals surface area contributed by atoms with Crippen LogP contribution in [0.5, 0.6) is 0 Å². The van der Waals surface area contributed by atoms with E-state index < -0.39 is 14.8 Å². The summed E-state index contributed by atoms with van der Waals surface area (Å²) in [5, 5.41) is 0. The van der Waals surface area contributed by atoms with Crippen molar-refractivity contribution in [3.63, 3.8) is 0 Å². The SMILES string of the molecule is C=CC(=O)OCCC[Si](OC)(OC)OCCCCOC(=O)C(=C)C. The fraction of sp³-hybridized carbons (Fsp3) is 0.625. The lowest BCUT2D eigenvalue weighted by Crippen LogP contribution is -2.44. The van der Waals surface area contributed by atoms with Crippen molar-refractivity contribution < 1.29 is 32.3 Å². The van der Waals surface area contributed by atoms with Crippen LogP contribution in [0.4, 0.5) is 0 Å². The predicted octanol–water partition coefficient (Wildman–Crippen LogP) is 2.25. The lowest BCUT2D eigenvalue weighted by atomic mass is 10.3. The third-order valence-corrected chi connectivity index (χ3v) is 5.96. The van der Waals surface area contributed by atoms with E-state index in [0.29, 0.717) is 44.1 Å². The Morgan fingerprint density at radius 1 is 1.00 bits per heavy atom. The second kappa shape index (κ2) is 12.9.